The molecule has 0 spiro atoms. The van der Waals surface area contributed by atoms with Gasteiger partial charge in [0.25, 0.3) is 0 Å². The van der Waals surface area contributed by atoms with Gasteiger partial charge in [-0.3, -0.25) is 0 Å². The van der Waals surface area contributed by atoms with E-state index in [2.05, 4.69) is 9.80 Å². The minimum absolute atomic E-state index is 0.628. The van der Waals surface area contributed by atoms with Crippen molar-refractivity contribution in [3.8, 4) is 0 Å². The van der Waals surface area contributed by atoms with Gasteiger partial charge < -0.3 is 28.7 Å². The van der Waals surface area contributed by atoms with Crippen LogP contribution in [0.25, 0.3) is 0 Å². The number of piperidine rings is 2. The van der Waals surface area contributed by atoms with Gasteiger partial charge in [-0.15, -0.1) is 0 Å². The van der Waals surface area contributed by atoms with Gasteiger partial charge >= 0.3 is 0 Å². The molecule has 0 bridgehead atoms. The molecule has 0 amide bonds. The van der Waals surface area contributed by atoms with Crippen LogP contribution >= 0.6 is 0 Å². The molecule has 2 rings (SSSR count). The van der Waals surface area contributed by atoms with Crippen LogP contribution in [0.1, 0.15) is 38.5 Å². The van der Waals surface area contributed by atoms with E-state index in [1.807, 2.05) is 0 Å². The molecule has 6 heteroatoms. The lowest BCUT2D eigenvalue weighted by Gasteiger charge is -2.26. The number of hydrogen-bond acceptors (Lipinski definition) is 6. The summed E-state index contributed by atoms with van der Waals surface area (Å²) in [7, 11) is 0. The SMILES string of the molecule is C1CCN(CCOCCOCCOCCOCCN2CCCCC2)CC1. The first-order chi connectivity index (χ1) is 12.9. The second-order valence-corrected chi connectivity index (χ2v) is 7.25. The van der Waals surface area contributed by atoms with E-state index >= 15 is 0 Å². The molecule has 2 fully saturated rings. The molecule has 0 aromatic rings. The fraction of sp³-hybridized carbons (Fsp3) is 1.00. The monoisotopic (exact) mass is 372 g/mol. The van der Waals surface area contributed by atoms with E-state index < -0.39 is 0 Å². The Balaban J connectivity index is 1.22. The third kappa shape index (κ3) is 11.5. The first-order valence-corrected chi connectivity index (χ1v) is 10.7. The van der Waals surface area contributed by atoms with Crippen molar-refractivity contribution in [2.24, 2.45) is 0 Å². The molecular formula is C20H40N2O4. The maximum atomic E-state index is 5.63. The molecule has 0 radical (unpaired) electrons. The quantitative estimate of drug-likeness (QED) is 0.410. The molecule has 0 aromatic carbocycles. The first-order valence-electron chi connectivity index (χ1n) is 10.7. The van der Waals surface area contributed by atoms with Gasteiger partial charge in [0, 0.05) is 13.1 Å². The zero-order valence-electron chi connectivity index (χ0n) is 16.7. The number of nitrogens with zero attached hydrogens (tertiary/aromatic N) is 2. The highest BCUT2D eigenvalue weighted by Crippen LogP contribution is 2.08. The molecule has 2 heterocycles. The standard InChI is InChI=1S/C20H40N2O4/c1-3-7-21(8-4-1)11-13-23-15-17-25-19-20-26-18-16-24-14-12-22-9-5-2-6-10-22/h1-20H2. The van der Waals surface area contributed by atoms with Crippen LogP contribution in [0.15, 0.2) is 0 Å². The van der Waals surface area contributed by atoms with E-state index in [1.165, 1.54) is 64.7 Å². The van der Waals surface area contributed by atoms with Crippen molar-refractivity contribution in [3.05, 3.63) is 0 Å². The van der Waals surface area contributed by atoms with Crippen molar-refractivity contribution in [2.75, 3.05) is 92.1 Å². The van der Waals surface area contributed by atoms with E-state index in [4.69, 9.17) is 18.9 Å². The molecule has 0 aliphatic carbocycles. The van der Waals surface area contributed by atoms with Crippen LogP contribution in [0.3, 0.4) is 0 Å². The highest BCUT2D eigenvalue weighted by atomic mass is 16.6. The predicted molar refractivity (Wildman–Crippen MR) is 104 cm³/mol. The van der Waals surface area contributed by atoms with Gasteiger partial charge in [-0.1, -0.05) is 12.8 Å². The van der Waals surface area contributed by atoms with Crippen LogP contribution in [0.4, 0.5) is 0 Å². The summed E-state index contributed by atoms with van der Waals surface area (Å²) >= 11 is 0. The van der Waals surface area contributed by atoms with Gasteiger partial charge in [0.1, 0.15) is 0 Å². The molecule has 0 aromatic heterocycles. The number of hydrogen-bond donors (Lipinski definition) is 0. The third-order valence-corrected chi connectivity index (χ3v) is 5.12. The molecule has 0 unspecified atom stereocenters. The third-order valence-electron chi connectivity index (χ3n) is 5.12. The van der Waals surface area contributed by atoms with Gasteiger partial charge in [0.2, 0.25) is 0 Å². The molecule has 2 aliphatic rings. The van der Waals surface area contributed by atoms with Crippen LogP contribution < -0.4 is 0 Å². The number of rotatable bonds is 15. The largest absolute Gasteiger partial charge is 0.378 e. The summed E-state index contributed by atoms with van der Waals surface area (Å²) in [4.78, 5) is 4.99. The Morgan fingerprint density at radius 2 is 0.692 bits per heavy atom. The van der Waals surface area contributed by atoms with Gasteiger partial charge in [0.15, 0.2) is 0 Å². The number of ether oxygens (including phenoxy) is 4. The maximum absolute atomic E-state index is 5.63. The van der Waals surface area contributed by atoms with Crippen molar-refractivity contribution in [1.29, 1.82) is 0 Å². The van der Waals surface area contributed by atoms with E-state index in [0.29, 0.717) is 39.6 Å². The average Bonchev–Trinajstić information content (AvgIpc) is 2.70. The van der Waals surface area contributed by atoms with E-state index in [0.717, 1.165) is 26.3 Å². The van der Waals surface area contributed by atoms with Crippen LogP contribution in [0, 0.1) is 0 Å². The maximum Gasteiger partial charge on any atom is 0.0701 e. The number of likely N-dealkylation sites (tertiary alicyclic amines) is 2. The van der Waals surface area contributed by atoms with Crippen LogP contribution in [0.5, 0.6) is 0 Å². The summed E-state index contributed by atoms with van der Waals surface area (Å²) < 4.78 is 22.3. The van der Waals surface area contributed by atoms with Crippen molar-refractivity contribution in [1.82, 2.24) is 9.80 Å². The first kappa shape index (κ1) is 22.1. The van der Waals surface area contributed by atoms with Gasteiger partial charge in [-0.2, -0.15) is 0 Å². The summed E-state index contributed by atoms with van der Waals surface area (Å²) in [6.45, 7) is 12.6. The lowest BCUT2D eigenvalue weighted by Crippen LogP contribution is -2.33. The zero-order chi connectivity index (χ0) is 18.1. The summed E-state index contributed by atoms with van der Waals surface area (Å²) in [5.41, 5.74) is 0. The van der Waals surface area contributed by atoms with E-state index in [1.54, 1.807) is 0 Å². The minimum atomic E-state index is 0.628. The Bertz CT molecular complexity index is 278. The normalized spacial score (nSPS) is 19.8. The average molecular weight is 373 g/mol. The molecule has 2 saturated heterocycles. The summed E-state index contributed by atoms with van der Waals surface area (Å²) in [5.74, 6) is 0. The Morgan fingerprint density at radius 1 is 0.385 bits per heavy atom. The van der Waals surface area contributed by atoms with Crippen molar-refractivity contribution in [2.45, 2.75) is 38.5 Å². The molecule has 0 saturated carbocycles. The second-order valence-electron chi connectivity index (χ2n) is 7.25. The van der Waals surface area contributed by atoms with Crippen LogP contribution in [-0.4, -0.2) is 102 Å². The Hall–Kier alpha value is -0.240. The highest BCUT2D eigenvalue weighted by molar-refractivity contribution is 4.64. The lowest BCUT2D eigenvalue weighted by atomic mass is 10.1. The Labute approximate surface area is 160 Å². The fourth-order valence-corrected chi connectivity index (χ4v) is 3.52. The van der Waals surface area contributed by atoms with E-state index in [9.17, 15) is 0 Å². The molecule has 2 aliphatic heterocycles. The molecule has 26 heavy (non-hydrogen) atoms. The van der Waals surface area contributed by atoms with Crippen LogP contribution in [0.2, 0.25) is 0 Å². The molecule has 6 nitrogen and oxygen atoms in total. The van der Waals surface area contributed by atoms with E-state index in [-0.39, 0.29) is 0 Å². The fourth-order valence-electron chi connectivity index (χ4n) is 3.52. The van der Waals surface area contributed by atoms with Crippen molar-refractivity contribution < 1.29 is 18.9 Å². The summed E-state index contributed by atoms with van der Waals surface area (Å²) in [5, 5.41) is 0. The van der Waals surface area contributed by atoms with Gasteiger partial charge in [0.05, 0.1) is 52.9 Å². The molecular weight excluding hydrogens is 332 g/mol. The molecule has 0 N–H and O–H groups in total. The lowest BCUT2D eigenvalue weighted by molar-refractivity contribution is -0.00642. The smallest absolute Gasteiger partial charge is 0.0701 e. The topological polar surface area (TPSA) is 43.4 Å². The highest BCUT2D eigenvalue weighted by Gasteiger charge is 2.09. The second kappa shape index (κ2) is 15.8. The summed E-state index contributed by atoms with van der Waals surface area (Å²) in [6, 6.07) is 0. The minimum Gasteiger partial charge on any atom is -0.378 e. The Kier molecular flexibility index (Phi) is 13.4. The van der Waals surface area contributed by atoms with Gasteiger partial charge in [-0.25, -0.2) is 0 Å². The van der Waals surface area contributed by atoms with Crippen molar-refractivity contribution in [3.63, 3.8) is 0 Å². The van der Waals surface area contributed by atoms with Crippen LogP contribution in [-0.2, 0) is 18.9 Å². The van der Waals surface area contributed by atoms with Crippen molar-refractivity contribution >= 4 is 0 Å². The van der Waals surface area contributed by atoms with Gasteiger partial charge in [-0.05, 0) is 51.9 Å². The molecule has 0 atom stereocenters. The predicted octanol–water partition coefficient (Wildman–Crippen LogP) is 2.02. The molecule has 154 valence electrons. The zero-order valence-corrected chi connectivity index (χ0v) is 16.7. The summed E-state index contributed by atoms with van der Waals surface area (Å²) in [6.07, 6.45) is 8.13. The Morgan fingerprint density at radius 3 is 1.04 bits per heavy atom.